The van der Waals surface area contributed by atoms with Crippen molar-refractivity contribution < 1.29 is 4.74 Å². The second kappa shape index (κ2) is 7.34. The van der Waals surface area contributed by atoms with Crippen molar-refractivity contribution in [1.29, 1.82) is 0 Å². The van der Waals surface area contributed by atoms with Crippen LogP contribution in [0.3, 0.4) is 0 Å². The van der Waals surface area contributed by atoms with Crippen molar-refractivity contribution in [1.82, 2.24) is 4.90 Å². The number of nitrogens with two attached hydrogens (primary N) is 1. The molecule has 1 aliphatic rings. The largest absolute Gasteiger partial charge is 0.383 e. The first-order chi connectivity index (χ1) is 8.10. The zero-order valence-electron chi connectivity index (χ0n) is 12.0. The number of nitrogens with zero attached hydrogens (tertiary/aromatic N) is 1. The topological polar surface area (TPSA) is 38.5 Å². The van der Waals surface area contributed by atoms with E-state index in [1.165, 1.54) is 19.3 Å². The van der Waals surface area contributed by atoms with Crippen molar-refractivity contribution in [3.8, 4) is 0 Å². The number of rotatable bonds is 6. The summed E-state index contributed by atoms with van der Waals surface area (Å²) in [5.41, 5.74) is 6.31. The van der Waals surface area contributed by atoms with E-state index in [4.69, 9.17) is 10.5 Å². The van der Waals surface area contributed by atoms with Gasteiger partial charge in [-0.05, 0) is 37.6 Å². The maximum Gasteiger partial charge on any atom is 0.0589 e. The van der Waals surface area contributed by atoms with Crippen LogP contribution in [0.5, 0.6) is 0 Å². The summed E-state index contributed by atoms with van der Waals surface area (Å²) in [5.74, 6) is 1.63. The Labute approximate surface area is 107 Å². The lowest BCUT2D eigenvalue weighted by molar-refractivity contribution is 0.0727. The highest BCUT2D eigenvalue weighted by Gasteiger charge is 2.32. The molecule has 1 aliphatic carbocycles. The van der Waals surface area contributed by atoms with Gasteiger partial charge in [-0.3, -0.25) is 4.90 Å². The lowest BCUT2D eigenvalue weighted by Gasteiger charge is -2.42. The Morgan fingerprint density at radius 2 is 2.06 bits per heavy atom. The molecule has 0 amide bonds. The highest BCUT2D eigenvalue weighted by atomic mass is 16.5. The molecule has 0 aliphatic heterocycles. The Bertz CT molecular complexity index is 208. The predicted molar refractivity (Wildman–Crippen MR) is 73.1 cm³/mol. The summed E-state index contributed by atoms with van der Waals surface area (Å²) < 4.78 is 5.19. The van der Waals surface area contributed by atoms with E-state index < -0.39 is 0 Å². The van der Waals surface area contributed by atoms with Gasteiger partial charge in [-0.25, -0.2) is 0 Å². The van der Waals surface area contributed by atoms with Crippen molar-refractivity contribution in [3.63, 3.8) is 0 Å². The van der Waals surface area contributed by atoms with Crippen LogP contribution in [-0.4, -0.2) is 43.8 Å². The van der Waals surface area contributed by atoms with Gasteiger partial charge in [0.1, 0.15) is 0 Å². The van der Waals surface area contributed by atoms with E-state index in [9.17, 15) is 0 Å². The standard InChI is InChI=1S/C14H30N2O/c1-5-16(8-9-17-4)14-10-12(11(2)3)6-7-13(14)15/h11-14H,5-10,15H2,1-4H3. The summed E-state index contributed by atoms with van der Waals surface area (Å²) in [4.78, 5) is 2.50. The minimum Gasteiger partial charge on any atom is -0.383 e. The van der Waals surface area contributed by atoms with Gasteiger partial charge in [0.25, 0.3) is 0 Å². The van der Waals surface area contributed by atoms with Crippen LogP contribution in [-0.2, 0) is 4.74 Å². The maximum atomic E-state index is 6.31. The van der Waals surface area contributed by atoms with Gasteiger partial charge in [0.05, 0.1) is 6.61 Å². The fraction of sp³-hybridized carbons (Fsp3) is 1.00. The van der Waals surface area contributed by atoms with E-state index in [1.807, 2.05) is 0 Å². The average molecular weight is 242 g/mol. The highest BCUT2D eigenvalue weighted by molar-refractivity contribution is 4.89. The second-order valence-electron chi connectivity index (χ2n) is 5.67. The molecular formula is C14H30N2O. The van der Waals surface area contributed by atoms with Gasteiger partial charge in [-0.1, -0.05) is 20.8 Å². The minimum atomic E-state index is 0.349. The molecule has 0 heterocycles. The molecule has 17 heavy (non-hydrogen) atoms. The van der Waals surface area contributed by atoms with Crippen LogP contribution in [0.1, 0.15) is 40.0 Å². The van der Waals surface area contributed by atoms with Gasteiger partial charge in [0.15, 0.2) is 0 Å². The van der Waals surface area contributed by atoms with Crippen LogP contribution in [0, 0.1) is 11.8 Å². The number of methoxy groups -OCH3 is 1. The fourth-order valence-electron chi connectivity index (χ4n) is 2.99. The predicted octanol–water partition coefficient (Wildman–Crippen LogP) is 2.11. The third kappa shape index (κ3) is 4.23. The third-order valence-corrected chi connectivity index (χ3v) is 4.31. The lowest BCUT2D eigenvalue weighted by Crippen LogP contribution is -2.52. The SMILES string of the molecule is CCN(CCOC)C1CC(C(C)C)CCC1N. The van der Waals surface area contributed by atoms with E-state index in [0.29, 0.717) is 12.1 Å². The van der Waals surface area contributed by atoms with Gasteiger partial charge in [0, 0.05) is 25.7 Å². The summed E-state index contributed by atoms with van der Waals surface area (Å²) in [7, 11) is 1.77. The summed E-state index contributed by atoms with van der Waals surface area (Å²) in [6, 6.07) is 0.901. The quantitative estimate of drug-likeness (QED) is 0.775. The van der Waals surface area contributed by atoms with Crippen LogP contribution in [0.15, 0.2) is 0 Å². The molecule has 1 fully saturated rings. The van der Waals surface area contributed by atoms with Crippen molar-refractivity contribution in [2.45, 2.75) is 52.1 Å². The Morgan fingerprint density at radius 1 is 1.35 bits per heavy atom. The van der Waals surface area contributed by atoms with E-state index in [-0.39, 0.29) is 0 Å². The Kier molecular flexibility index (Phi) is 6.45. The van der Waals surface area contributed by atoms with Crippen molar-refractivity contribution in [3.05, 3.63) is 0 Å². The molecule has 0 bridgehead atoms. The normalized spacial score (nSPS) is 30.2. The number of hydrogen-bond acceptors (Lipinski definition) is 3. The van der Waals surface area contributed by atoms with E-state index in [1.54, 1.807) is 7.11 Å². The average Bonchev–Trinajstić information content (AvgIpc) is 2.31. The summed E-state index contributed by atoms with van der Waals surface area (Å²) in [6.45, 7) is 9.79. The first kappa shape index (κ1) is 14.9. The molecule has 3 nitrogen and oxygen atoms in total. The summed E-state index contributed by atoms with van der Waals surface area (Å²) in [5, 5.41) is 0. The second-order valence-corrected chi connectivity index (χ2v) is 5.67. The van der Waals surface area contributed by atoms with Crippen LogP contribution in [0.2, 0.25) is 0 Å². The van der Waals surface area contributed by atoms with Crippen LogP contribution in [0.25, 0.3) is 0 Å². The van der Waals surface area contributed by atoms with Crippen molar-refractivity contribution in [2.75, 3.05) is 26.8 Å². The molecule has 0 aromatic carbocycles. The number of likely N-dealkylation sites (N-methyl/N-ethyl adjacent to an activating group) is 1. The van der Waals surface area contributed by atoms with Gasteiger partial charge in [0.2, 0.25) is 0 Å². The van der Waals surface area contributed by atoms with Gasteiger partial charge < -0.3 is 10.5 Å². The van der Waals surface area contributed by atoms with E-state index in [0.717, 1.165) is 31.5 Å². The Balaban J connectivity index is 2.57. The highest BCUT2D eigenvalue weighted by Crippen LogP contribution is 2.31. The van der Waals surface area contributed by atoms with E-state index >= 15 is 0 Å². The van der Waals surface area contributed by atoms with E-state index in [2.05, 4.69) is 25.7 Å². The van der Waals surface area contributed by atoms with Crippen LogP contribution >= 0.6 is 0 Å². The molecule has 0 aromatic heterocycles. The molecule has 1 rings (SSSR count). The third-order valence-electron chi connectivity index (χ3n) is 4.31. The molecule has 0 radical (unpaired) electrons. The molecular weight excluding hydrogens is 212 g/mol. The fourth-order valence-corrected chi connectivity index (χ4v) is 2.99. The molecule has 2 N–H and O–H groups in total. The smallest absolute Gasteiger partial charge is 0.0589 e. The number of ether oxygens (including phenoxy) is 1. The molecule has 0 aromatic rings. The lowest BCUT2D eigenvalue weighted by atomic mass is 9.76. The Hall–Kier alpha value is -0.120. The zero-order valence-corrected chi connectivity index (χ0v) is 12.0. The van der Waals surface area contributed by atoms with Gasteiger partial charge in [-0.15, -0.1) is 0 Å². The van der Waals surface area contributed by atoms with Crippen molar-refractivity contribution >= 4 is 0 Å². The maximum absolute atomic E-state index is 6.31. The molecule has 3 heteroatoms. The monoisotopic (exact) mass is 242 g/mol. The van der Waals surface area contributed by atoms with Crippen LogP contribution < -0.4 is 5.73 Å². The molecule has 3 atom stereocenters. The first-order valence-corrected chi connectivity index (χ1v) is 7.08. The van der Waals surface area contributed by atoms with Crippen molar-refractivity contribution in [2.24, 2.45) is 17.6 Å². The molecule has 0 spiro atoms. The van der Waals surface area contributed by atoms with Crippen LogP contribution in [0.4, 0.5) is 0 Å². The summed E-state index contributed by atoms with van der Waals surface area (Å²) in [6.07, 6.45) is 3.74. The summed E-state index contributed by atoms with van der Waals surface area (Å²) >= 11 is 0. The number of hydrogen-bond donors (Lipinski definition) is 1. The Morgan fingerprint density at radius 3 is 2.59 bits per heavy atom. The first-order valence-electron chi connectivity index (χ1n) is 7.08. The molecule has 3 unspecified atom stereocenters. The molecule has 102 valence electrons. The van der Waals surface area contributed by atoms with Gasteiger partial charge in [-0.2, -0.15) is 0 Å². The zero-order chi connectivity index (χ0) is 12.8. The van der Waals surface area contributed by atoms with Gasteiger partial charge >= 0.3 is 0 Å². The molecule has 0 saturated heterocycles. The molecule has 1 saturated carbocycles. The minimum absolute atomic E-state index is 0.349.